The van der Waals surface area contributed by atoms with Crippen molar-refractivity contribution < 1.29 is 19.1 Å². The summed E-state index contributed by atoms with van der Waals surface area (Å²) in [5.41, 5.74) is 0.0351. The lowest BCUT2D eigenvalue weighted by atomic mass is 9.94. The van der Waals surface area contributed by atoms with Crippen molar-refractivity contribution in [1.82, 2.24) is 4.90 Å². The van der Waals surface area contributed by atoms with Gasteiger partial charge in [0.05, 0.1) is 18.7 Å². The zero-order chi connectivity index (χ0) is 15.3. The van der Waals surface area contributed by atoms with Gasteiger partial charge in [-0.15, -0.1) is 0 Å². The van der Waals surface area contributed by atoms with Gasteiger partial charge in [-0.2, -0.15) is 5.26 Å². The Morgan fingerprint density at radius 3 is 2.20 bits per heavy atom. The average Bonchev–Trinajstić information content (AvgIpc) is 2.46. The lowest BCUT2D eigenvalue weighted by Gasteiger charge is -2.15. The van der Waals surface area contributed by atoms with E-state index in [2.05, 4.69) is 4.74 Å². The molecule has 1 aromatic carbocycles. The zero-order valence-corrected chi connectivity index (χ0v) is 11.4. The minimum atomic E-state index is -1.48. The normalized spacial score (nSPS) is 11.1. The molecule has 0 bridgehead atoms. The SMILES string of the molecule is COC(=O)c1ccccc1C(=O)C(C#N)C(=O)N(C)C. The number of benzene rings is 1. The van der Waals surface area contributed by atoms with Crippen molar-refractivity contribution in [3.8, 4) is 6.07 Å². The molecular formula is C14H14N2O4. The number of amides is 1. The molecule has 0 saturated heterocycles. The number of hydrogen-bond acceptors (Lipinski definition) is 5. The van der Waals surface area contributed by atoms with Crippen molar-refractivity contribution >= 4 is 17.7 Å². The highest BCUT2D eigenvalue weighted by Crippen LogP contribution is 2.16. The van der Waals surface area contributed by atoms with Crippen molar-refractivity contribution in [1.29, 1.82) is 5.26 Å². The number of Topliss-reactive ketones (excluding diaryl/α,β-unsaturated/α-hetero) is 1. The number of rotatable bonds is 4. The van der Waals surface area contributed by atoms with Gasteiger partial charge in [-0.25, -0.2) is 4.79 Å². The number of hydrogen-bond donors (Lipinski definition) is 0. The minimum absolute atomic E-state index is 0.00102. The number of ether oxygens (including phenoxy) is 1. The van der Waals surface area contributed by atoms with E-state index in [1.165, 1.54) is 33.3 Å². The summed E-state index contributed by atoms with van der Waals surface area (Å²) >= 11 is 0. The summed E-state index contributed by atoms with van der Waals surface area (Å²) in [4.78, 5) is 36.9. The number of nitrogens with zero attached hydrogens (tertiary/aromatic N) is 2. The van der Waals surface area contributed by atoms with Crippen LogP contribution in [-0.4, -0.2) is 43.8 Å². The van der Waals surface area contributed by atoms with Gasteiger partial charge >= 0.3 is 5.97 Å². The van der Waals surface area contributed by atoms with Gasteiger partial charge in [0.25, 0.3) is 0 Å². The molecule has 20 heavy (non-hydrogen) atoms. The van der Waals surface area contributed by atoms with Gasteiger partial charge in [0, 0.05) is 19.7 Å². The van der Waals surface area contributed by atoms with Crippen LogP contribution in [0.4, 0.5) is 0 Å². The molecule has 104 valence electrons. The second-order valence-corrected chi connectivity index (χ2v) is 4.20. The Bertz CT molecular complexity index is 587. The first-order valence-corrected chi connectivity index (χ1v) is 5.76. The molecule has 1 aromatic rings. The maximum Gasteiger partial charge on any atom is 0.338 e. The fourth-order valence-electron chi connectivity index (χ4n) is 1.63. The summed E-state index contributed by atoms with van der Waals surface area (Å²) in [6.07, 6.45) is 0. The minimum Gasteiger partial charge on any atom is -0.465 e. The first-order chi connectivity index (χ1) is 9.43. The highest BCUT2D eigenvalue weighted by Gasteiger charge is 2.31. The van der Waals surface area contributed by atoms with Gasteiger partial charge in [0.2, 0.25) is 5.91 Å². The van der Waals surface area contributed by atoms with E-state index in [0.717, 1.165) is 4.90 Å². The Balaban J connectivity index is 3.24. The molecule has 0 radical (unpaired) electrons. The third-order valence-electron chi connectivity index (χ3n) is 2.68. The van der Waals surface area contributed by atoms with E-state index in [4.69, 9.17) is 5.26 Å². The topological polar surface area (TPSA) is 87.5 Å². The number of methoxy groups -OCH3 is 1. The molecule has 1 atom stereocenters. The molecule has 0 N–H and O–H groups in total. The molecule has 6 nitrogen and oxygen atoms in total. The van der Waals surface area contributed by atoms with E-state index in [1.807, 2.05) is 0 Å². The van der Waals surface area contributed by atoms with Crippen LogP contribution >= 0.6 is 0 Å². The number of carbonyl (C=O) groups is 3. The molecule has 1 unspecified atom stereocenters. The van der Waals surface area contributed by atoms with E-state index < -0.39 is 23.6 Å². The third-order valence-corrected chi connectivity index (χ3v) is 2.68. The number of esters is 1. The molecule has 0 fully saturated rings. The van der Waals surface area contributed by atoms with Gasteiger partial charge < -0.3 is 9.64 Å². The maximum absolute atomic E-state index is 12.3. The predicted molar refractivity (Wildman–Crippen MR) is 69.9 cm³/mol. The standard InChI is InChI=1S/C14H14N2O4/c1-16(2)13(18)11(8-15)12(17)9-6-4-5-7-10(9)14(19)20-3/h4-7,11H,1-3H3. The molecule has 0 aliphatic carbocycles. The van der Waals surface area contributed by atoms with Crippen LogP contribution < -0.4 is 0 Å². The molecule has 0 aliphatic heterocycles. The van der Waals surface area contributed by atoms with Crippen LogP contribution in [-0.2, 0) is 9.53 Å². The first kappa shape index (κ1) is 15.4. The van der Waals surface area contributed by atoms with E-state index in [9.17, 15) is 14.4 Å². The van der Waals surface area contributed by atoms with Gasteiger partial charge in [0.15, 0.2) is 11.7 Å². The highest BCUT2D eigenvalue weighted by molar-refractivity contribution is 6.15. The van der Waals surface area contributed by atoms with Crippen molar-refractivity contribution in [2.24, 2.45) is 5.92 Å². The van der Waals surface area contributed by atoms with Crippen LogP contribution in [0.15, 0.2) is 24.3 Å². The number of nitriles is 1. The molecule has 6 heteroatoms. The zero-order valence-electron chi connectivity index (χ0n) is 11.4. The van der Waals surface area contributed by atoms with Crippen LogP contribution in [0, 0.1) is 17.2 Å². The van der Waals surface area contributed by atoms with E-state index >= 15 is 0 Å². The van der Waals surface area contributed by atoms with Crippen LogP contribution in [0.25, 0.3) is 0 Å². The fourth-order valence-corrected chi connectivity index (χ4v) is 1.63. The maximum atomic E-state index is 12.3. The van der Waals surface area contributed by atoms with Crippen molar-refractivity contribution in [3.63, 3.8) is 0 Å². The molecule has 1 amide bonds. The monoisotopic (exact) mass is 274 g/mol. The Morgan fingerprint density at radius 1 is 1.20 bits per heavy atom. The average molecular weight is 274 g/mol. The molecule has 0 spiro atoms. The summed E-state index contributed by atoms with van der Waals surface area (Å²) in [7, 11) is 4.09. The number of carbonyl (C=O) groups excluding carboxylic acids is 3. The Morgan fingerprint density at radius 2 is 1.75 bits per heavy atom. The van der Waals surface area contributed by atoms with Crippen molar-refractivity contribution in [3.05, 3.63) is 35.4 Å². The lowest BCUT2D eigenvalue weighted by molar-refractivity contribution is -0.129. The summed E-state index contributed by atoms with van der Waals surface area (Å²) in [5.74, 6) is -3.51. The van der Waals surface area contributed by atoms with Crippen molar-refractivity contribution in [2.45, 2.75) is 0 Å². The second kappa shape index (κ2) is 6.48. The van der Waals surface area contributed by atoms with Gasteiger partial charge in [-0.1, -0.05) is 18.2 Å². The molecule has 0 aliphatic rings. The van der Waals surface area contributed by atoms with E-state index in [0.29, 0.717) is 0 Å². The fraction of sp³-hybridized carbons (Fsp3) is 0.286. The van der Waals surface area contributed by atoms with E-state index in [-0.39, 0.29) is 11.1 Å². The van der Waals surface area contributed by atoms with Crippen LogP contribution in [0.5, 0.6) is 0 Å². The van der Waals surface area contributed by atoms with Gasteiger partial charge in [0.1, 0.15) is 0 Å². The van der Waals surface area contributed by atoms with Gasteiger partial charge in [-0.05, 0) is 6.07 Å². The molecule has 0 heterocycles. The quantitative estimate of drug-likeness (QED) is 0.462. The summed E-state index contributed by atoms with van der Waals surface area (Å²) in [5, 5.41) is 9.03. The molecule has 0 aromatic heterocycles. The predicted octanol–water partition coefficient (Wildman–Crippen LogP) is 0.884. The Labute approximate surface area is 116 Å². The summed E-state index contributed by atoms with van der Waals surface area (Å²) in [6, 6.07) is 7.59. The highest BCUT2D eigenvalue weighted by atomic mass is 16.5. The smallest absolute Gasteiger partial charge is 0.338 e. The molecule has 0 saturated carbocycles. The second-order valence-electron chi connectivity index (χ2n) is 4.20. The number of ketones is 1. The third kappa shape index (κ3) is 3.01. The summed E-state index contributed by atoms with van der Waals surface area (Å²) < 4.78 is 4.58. The largest absolute Gasteiger partial charge is 0.465 e. The van der Waals surface area contributed by atoms with Gasteiger partial charge in [-0.3, -0.25) is 9.59 Å². The lowest BCUT2D eigenvalue weighted by Crippen LogP contribution is -2.34. The molecule has 1 rings (SSSR count). The van der Waals surface area contributed by atoms with E-state index in [1.54, 1.807) is 18.2 Å². The molecular weight excluding hydrogens is 260 g/mol. The van der Waals surface area contributed by atoms with Crippen LogP contribution in [0.1, 0.15) is 20.7 Å². The van der Waals surface area contributed by atoms with Crippen LogP contribution in [0.3, 0.4) is 0 Å². The Hall–Kier alpha value is -2.68. The summed E-state index contributed by atoms with van der Waals surface area (Å²) in [6.45, 7) is 0. The van der Waals surface area contributed by atoms with Crippen LogP contribution in [0.2, 0.25) is 0 Å². The van der Waals surface area contributed by atoms with Crippen molar-refractivity contribution in [2.75, 3.05) is 21.2 Å². The first-order valence-electron chi connectivity index (χ1n) is 5.76. The Kier molecular flexibility index (Phi) is 4.98.